The highest BCUT2D eigenvalue weighted by Crippen LogP contribution is 2.09. The van der Waals surface area contributed by atoms with E-state index in [0.29, 0.717) is 6.42 Å². The minimum atomic E-state index is -0.475. The zero-order chi connectivity index (χ0) is 13.4. The average molecular weight is 251 g/mol. The molecule has 2 unspecified atom stereocenters. The fourth-order valence-electron chi connectivity index (χ4n) is 1.63. The Kier molecular flexibility index (Phi) is 6.14. The first-order valence-corrected chi connectivity index (χ1v) is 6.25. The Bertz CT molecular complexity index is 357. The summed E-state index contributed by atoms with van der Waals surface area (Å²) in [5.74, 6) is 0. The lowest BCUT2D eigenvalue weighted by molar-refractivity contribution is 0.160. The van der Waals surface area contributed by atoms with Gasteiger partial charge in [-0.25, -0.2) is 4.79 Å². The predicted molar refractivity (Wildman–Crippen MR) is 70.1 cm³/mol. The highest BCUT2D eigenvalue weighted by Gasteiger charge is 2.10. The summed E-state index contributed by atoms with van der Waals surface area (Å²) in [6.45, 7) is 4.18. The zero-order valence-corrected chi connectivity index (χ0v) is 10.9. The maximum Gasteiger partial charge on any atom is 0.315 e. The van der Waals surface area contributed by atoms with Crippen LogP contribution >= 0.6 is 0 Å². The quantitative estimate of drug-likeness (QED) is 0.719. The van der Waals surface area contributed by atoms with E-state index < -0.39 is 6.10 Å². The van der Waals surface area contributed by atoms with Crippen LogP contribution in [-0.2, 0) is 0 Å². The van der Waals surface area contributed by atoms with E-state index in [0.717, 1.165) is 12.0 Å². The first kappa shape index (κ1) is 14.4. The molecule has 1 heterocycles. The summed E-state index contributed by atoms with van der Waals surface area (Å²) in [6.07, 6.45) is 4.50. The molecule has 0 saturated carbocycles. The van der Waals surface area contributed by atoms with Crippen LogP contribution in [0.25, 0.3) is 0 Å². The number of nitrogens with one attached hydrogen (secondary N) is 2. The number of amides is 2. The van der Waals surface area contributed by atoms with Crippen molar-refractivity contribution >= 4 is 6.03 Å². The van der Waals surface area contributed by atoms with Gasteiger partial charge >= 0.3 is 6.03 Å². The highest BCUT2D eigenvalue weighted by atomic mass is 16.3. The Morgan fingerprint density at radius 2 is 2.11 bits per heavy atom. The fourth-order valence-corrected chi connectivity index (χ4v) is 1.63. The van der Waals surface area contributed by atoms with E-state index >= 15 is 0 Å². The van der Waals surface area contributed by atoms with Crippen molar-refractivity contribution in [2.24, 2.45) is 0 Å². The average Bonchev–Trinajstić information content (AvgIpc) is 2.38. The molecule has 3 N–H and O–H groups in total. The molecule has 0 aliphatic heterocycles. The molecule has 1 aromatic rings. The number of pyridine rings is 1. The van der Waals surface area contributed by atoms with Crippen molar-refractivity contribution in [1.82, 2.24) is 15.6 Å². The van der Waals surface area contributed by atoms with Crippen LogP contribution < -0.4 is 10.6 Å². The summed E-state index contributed by atoms with van der Waals surface area (Å²) in [5, 5.41) is 15.0. The van der Waals surface area contributed by atoms with E-state index in [4.69, 9.17) is 0 Å². The molecule has 0 radical (unpaired) electrons. The third-order valence-electron chi connectivity index (χ3n) is 2.67. The summed E-state index contributed by atoms with van der Waals surface area (Å²) in [7, 11) is 0. The molecule has 2 amide bonds. The molecule has 0 fully saturated rings. The van der Waals surface area contributed by atoms with Gasteiger partial charge in [-0.2, -0.15) is 0 Å². The van der Waals surface area contributed by atoms with Crippen LogP contribution in [0.1, 0.15) is 38.3 Å². The van der Waals surface area contributed by atoms with Gasteiger partial charge in [-0.15, -0.1) is 0 Å². The van der Waals surface area contributed by atoms with Crippen molar-refractivity contribution in [3.8, 4) is 0 Å². The molecule has 2 atom stereocenters. The molecule has 1 aromatic heterocycles. The Balaban J connectivity index is 2.32. The molecule has 18 heavy (non-hydrogen) atoms. The Morgan fingerprint density at radius 1 is 1.44 bits per heavy atom. The lowest BCUT2D eigenvalue weighted by Crippen LogP contribution is -2.40. The third-order valence-corrected chi connectivity index (χ3v) is 2.67. The molecule has 0 aromatic carbocycles. The number of carbonyl (C=O) groups is 1. The minimum absolute atomic E-state index is 0.0867. The largest absolute Gasteiger partial charge is 0.391 e. The van der Waals surface area contributed by atoms with Crippen molar-refractivity contribution in [3.63, 3.8) is 0 Å². The van der Waals surface area contributed by atoms with Gasteiger partial charge in [0.15, 0.2) is 0 Å². The number of nitrogens with zero attached hydrogens (tertiary/aromatic N) is 1. The predicted octanol–water partition coefficient (Wildman–Crippen LogP) is 1.60. The Hall–Kier alpha value is -1.62. The molecular formula is C13H21N3O2. The van der Waals surface area contributed by atoms with Gasteiger partial charge in [0.1, 0.15) is 0 Å². The molecule has 0 spiro atoms. The molecule has 0 aliphatic carbocycles. The highest BCUT2D eigenvalue weighted by molar-refractivity contribution is 5.74. The SMILES string of the molecule is CCCC(O)CNC(=O)NC(C)c1ccncc1. The number of aliphatic hydroxyl groups is 1. The summed E-state index contributed by atoms with van der Waals surface area (Å²) in [5.41, 5.74) is 0.995. The molecule has 0 bridgehead atoms. The van der Waals surface area contributed by atoms with Crippen molar-refractivity contribution in [2.45, 2.75) is 38.8 Å². The van der Waals surface area contributed by atoms with E-state index in [9.17, 15) is 9.90 Å². The lowest BCUT2D eigenvalue weighted by atomic mass is 10.1. The number of aliphatic hydroxyl groups excluding tert-OH is 1. The maximum absolute atomic E-state index is 11.6. The van der Waals surface area contributed by atoms with Crippen molar-refractivity contribution in [3.05, 3.63) is 30.1 Å². The lowest BCUT2D eigenvalue weighted by Gasteiger charge is -2.16. The molecular weight excluding hydrogens is 230 g/mol. The third kappa shape index (κ3) is 5.14. The van der Waals surface area contributed by atoms with Crippen LogP contribution in [0, 0.1) is 0 Å². The summed E-state index contributed by atoms with van der Waals surface area (Å²) >= 11 is 0. The van der Waals surface area contributed by atoms with Crippen LogP contribution in [0.15, 0.2) is 24.5 Å². The number of hydrogen-bond donors (Lipinski definition) is 3. The van der Waals surface area contributed by atoms with Gasteiger partial charge < -0.3 is 15.7 Å². The first-order chi connectivity index (χ1) is 8.63. The molecule has 5 nitrogen and oxygen atoms in total. The van der Waals surface area contributed by atoms with Crippen LogP contribution in [-0.4, -0.2) is 28.8 Å². The minimum Gasteiger partial charge on any atom is -0.391 e. The summed E-state index contributed by atoms with van der Waals surface area (Å²) < 4.78 is 0. The standard InChI is InChI=1S/C13H21N3O2/c1-3-4-12(17)9-15-13(18)16-10(2)11-5-7-14-8-6-11/h5-8,10,12,17H,3-4,9H2,1-2H3,(H2,15,16,18). The molecule has 0 aliphatic rings. The number of aromatic nitrogens is 1. The fraction of sp³-hybridized carbons (Fsp3) is 0.538. The van der Waals surface area contributed by atoms with Crippen LogP contribution in [0.2, 0.25) is 0 Å². The second-order valence-corrected chi connectivity index (χ2v) is 4.30. The number of carbonyl (C=O) groups excluding carboxylic acids is 1. The van der Waals surface area contributed by atoms with Crippen LogP contribution in [0.5, 0.6) is 0 Å². The summed E-state index contributed by atoms with van der Waals surface area (Å²) in [6, 6.07) is 3.36. The van der Waals surface area contributed by atoms with Gasteiger partial charge in [-0.05, 0) is 31.0 Å². The van der Waals surface area contributed by atoms with Gasteiger partial charge in [0, 0.05) is 18.9 Å². The Labute approximate surface area is 108 Å². The van der Waals surface area contributed by atoms with Gasteiger partial charge in [0.25, 0.3) is 0 Å². The maximum atomic E-state index is 11.6. The number of hydrogen-bond acceptors (Lipinski definition) is 3. The second kappa shape index (κ2) is 7.66. The monoisotopic (exact) mass is 251 g/mol. The van der Waals surface area contributed by atoms with E-state index in [1.54, 1.807) is 12.4 Å². The van der Waals surface area contributed by atoms with Crippen LogP contribution in [0.4, 0.5) is 4.79 Å². The molecule has 5 heteroatoms. The van der Waals surface area contributed by atoms with E-state index in [1.807, 2.05) is 26.0 Å². The van der Waals surface area contributed by atoms with Gasteiger partial charge in [-0.3, -0.25) is 4.98 Å². The Morgan fingerprint density at radius 3 is 2.72 bits per heavy atom. The molecule has 1 rings (SSSR count). The normalized spacial score (nSPS) is 13.7. The second-order valence-electron chi connectivity index (χ2n) is 4.30. The number of rotatable bonds is 6. The molecule has 100 valence electrons. The smallest absolute Gasteiger partial charge is 0.315 e. The van der Waals surface area contributed by atoms with Crippen LogP contribution in [0.3, 0.4) is 0 Å². The topological polar surface area (TPSA) is 74.2 Å². The summed E-state index contributed by atoms with van der Waals surface area (Å²) in [4.78, 5) is 15.5. The molecule has 0 saturated heterocycles. The number of urea groups is 1. The van der Waals surface area contributed by atoms with Crippen molar-refractivity contribution in [1.29, 1.82) is 0 Å². The zero-order valence-electron chi connectivity index (χ0n) is 10.9. The first-order valence-electron chi connectivity index (χ1n) is 6.25. The van der Waals surface area contributed by atoms with Crippen molar-refractivity contribution < 1.29 is 9.90 Å². The van der Waals surface area contributed by atoms with Crippen molar-refractivity contribution in [2.75, 3.05) is 6.54 Å². The van der Waals surface area contributed by atoms with Gasteiger partial charge in [-0.1, -0.05) is 13.3 Å². The van der Waals surface area contributed by atoms with E-state index in [-0.39, 0.29) is 18.6 Å². The van der Waals surface area contributed by atoms with E-state index in [1.165, 1.54) is 0 Å². The van der Waals surface area contributed by atoms with Gasteiger partial charge in [0.2, 0.25) is 0 Å². The van der Waals surface area contributed by atoms with Gasteiger partial charge in [0.05, 0.1) is 12.1 Å². The van der Waals surface area contributed by atoms with E-state index in [2.05, 4.69) is 15.6 Å².